The van der Waals surface area contributed by atoms with E-state index in [2.05, 4.69) is 10.3 Å². The van der Waals surface area contributed by atoms with Gasteiger partial charge in [-0.3, -0.25) is 4.79 Å². The first-order valence-corrected chi connectivity index (χ1v) is 13.4. The van der Waals surface area contributed by atoms with E-state index in [4.69, 9.17) is 21.1 Å². The molecule has 3 heterocycles. The van der Waals surface area contributed by atoms with Crippen molar-refractivity contribution >= 4 is 34.9 Å². The molecule has 2 aliphatic rings. The summed E-state index contributed by atoms with van der Waals surface area (Å²) in [6.07, 6.45) is 4.76. The van der Waals surface area contributed by atoms with Gasteiger partial charge in [-0.1, -0.05) is 23.7 Å². The van der Waals surface area contributed by atoms with E-state index in [1.807, 2.05) is 11.8 Å². The molecule has 38 heavy (non-hydrogen) atoms. The zero-order valence-electron chi connectivity index (χ0n) is 21.1. The van der Waals surface area contributed by atoms with E-state index in [0.29, 0.717) is 27.6 Å². The number of carbonyl (C=O) groups is 2. The van der Waals surface area contributed by atoms with Crippen molar-refractivity contribution in [2.45, 2.75) is 44.9 Å². The molecule has 0 saturated carbocycles. The molecule has 202 valence electrons. The molecule has 2 amide bonds. The average Bonchev–Trinajstić information content (AvgIpc) is 3.57. The number of benzene rings is 2. The molecule has 0 radical (unpaired) electrons. The Balaban J connectivity index is 0.000000278. The molecule has 2 fully saturated rings. The normalized spacial score (nSPS) is 17.2. The van der Waals surface area contributed by atoms with Crippen molar-refractivity contribution in [3.8, 4) is 16.2 Å². The van der Waals surface area contributed by atoms with Crippen LogP contribution >= 0.6 is 22.9 Å². The number of aromatic hydroxyl groups is 1. The number of nitrogens with one attached hydrogen (secondary N) is 1. The van der Waals surface area contributed by atoms with Crippen molar-refractivity contribution in [2.75, 3.05) is 20.3 Å². The highest BCUT2D eigenvalue weighted by molar-refractivity contribution is 7.15. The zero-order chi connectivity index (χ0) is 27.2. The molecule has 2 unspecified atom stereocenters. The Labute approximate surface area is 229 Å². The third-order valence-electron chi connectivity index (χ3n) is 6.45. The van der Waals surface area contributed by atoms with Crippen LogP contribution in [0.5, 0.6) is 5.75 Å². The molecular formula is C27H29ClFN3O5S. The molecular weight excluding hydrogens is 533 g/mol. The summed E-state index contributed by atoms with van der Waals surface area (Å²) < 4.78 is 24.6. The van der Waals surface area contributed by atoms with Crippen LogP contribution in [0.1, 0.15) is 53.2 Å². The molecule has 2 saturated heterocycles. The number of halogens is 2. The smallest absolute Gasteiger partial charge is 0.410 e. The number of amides is 2. The molecule has 2 atom stereocenters. The number of fused-ring (bicyclic) bond motifs is 1. The van der Waals surface area contributed by atoms with Crippen molar-refractivity contribution in [2.24, 2.45) is 0 Å². The van der Waals surface area contributed by atoms with Crippen LogP contribution in [0.15, 0.2) is 42.6 Å². The first-order valence-electron chi connectivity index (χ1n) is 12.2. The van der Waals surface area contributed by atoms with Crippen molar-refractivity contribution in [3.05, 3.63) is 69.6 Å². The van der Waals surface area contributed by atoms with Crippen molar-refractivity contribution in [1.29, 1.82) is 0 Å². The molecule has 2 N–H and O–H groups in total. The van der Waals surface area contributed by atoms with Gasteiger partial charge in [-0.05, 0) is 56.0 Å². The summed E-state index contributed by atoms with van der Waals surface area (Å²) in [6, 6.07) is 9.61. The van der Waals surface area contributed by atoms with E-state index < -0.39 is 11.7 Å². The van der Waals surface area contributed by atoms with Crippen LogP contribution in [0, 0.1) is 5.82 Å². The SMILES string of the molecule is COC(C)c1ncc(-c2cc(F)c(C(=O)NCc3ccc(Cl)cc3)cc2O)s1.O=C1OCC2CCCCN12. The Morgan fingerprint density at radius 3 is 2.82 bits per heavy atom. The Morgan fingerprint density at radius 1 is 1.34 bits per heavy atom. The second-order valence-corrected chi connectivity index (χ2v) is 10.5. The summed E-state index contributed by atoms with van der Waals surface area (Å²) in [4.78, 5) is 29.9. The lowest BCUT2D eigenvalue weighted by Crippen LogP contribution is -2.37. The summed E-state index contributed by atoms with van der Waals surface area (Å²) in [5.41, 5.74) is 0.868. The minimum absolute atomic E-state index is 0.107. The third kappa shape index (κ3) is 6.61. The number of ether oxygens (including phenoxy) is 2. The Kier molecular flexibility index (Phi) is 9.19. The maximum absolute atomic E-state index is 14.5. The minimum atomic E-state index is -0.726. The van der Waals surface area contributed by atoms with Gasteiger partial charge in [0, 0.05) is 37.0 Å². The number of phenols is 1. The predicted octanol–water partition coefficient (Wildman–Crippen LogP) is 5.94. The van der Waals surface area contributed by atoms with Crippen molar-refractivity contribution in [1.82, 2.24) is 15.2 Å². The fourth-order valence-corrected chi connectivity index (χ4v) is 5.28. The van der Waals surface area contributed by atoms with Gasteiger partial charge in [0.25, 0.3) is 5.91 Å². The molecule has 2 aliphatic heterocycles. The lowest BCUT2D eigenvalue weighted by molar-refractivity contribution is 0.0946. The average molecular weight is 562 g/mol. The van der Waals surface area contributed by atoms with Gasteiger partial charge < -0.3 is 24.8 Å². The highest BCUT2D eigenvalue weighted by atomic mass is 35.5. The van der Waals surface area contributed by atoms with Gasteiger partial charge >= 0.3 is 6.09 Å². The highest BCUT2D eigenvalue weighted by Gasteiger charge is 2.34. The van der Waals surface area contributed by atoms with Crippen LogP contribution in [-0.2, 0) is 16.0 Å². The van der Waals surface area contributed by atoms with Crippen molar-refractivity contribution in [3.63, 3.8) is 0 Å². The molecule has 0 spiro atoms. The van der Waals surface area contributed by atoms with Gasteiger partial charge in [-0.25, -0.2) is 14.2 Å². The first-order chi connectivity index (χ1) is 18.3. The molecule has 0 aliphatic carbocycles. The molecule has 1 aromatic heterocycles. The molecule has 2 aromatic carbocycles. The fraction of sp³-hybridized carbons (Fsp3) is 0.370. The number of methoxy groups -OCH3 is 1. The molecule has 5 rings (SSSR count). The zero-order valence-corrected chi connectivity index (χ0v) is 22.7. The summed E-state index contributed by atoms with van der Waals surface area (Å²) in [6.45, 7) is 3.59. The lowest BCUT2D eigenvalue weighted by Gasteiger charge is -2.25. The number of phenolic OH excluding ortho intramolecular Hbond substituents is 1. The second-order valence-electron chi connectivity index (χ2n) is 9.02. The van der Waals surface area contributed by atoms with Gasteiger partial charge in [-0.15, -0.1) is 11.3 Å². The topological polar surface area (TPSA) is 101 Å². The number of hydrogen-bond acceptors (Lipinski definition) is 7. The number of aromatic nitrogens is 1. The van der Waals surface area contributed by atoms with Gasteiger partial charge in [0.05, 0.1) is 16.5 Å². The van der Waals surface area contributed by atoms with Crippen molar-refractivity contribution < 1.29 is 28.6 Å². The largest absolute Gasteiger partial charge is 0.507 e. The van der Waals surface area contributed by atoms with Gasteiger partial charge in [0.2, 0.25) is 0 Å². The standard InChI is InChI=1S/C20H18ClFN2O3S.C7H11NO2/c1-11(27-2)20-24-10-18(28-20)15-7-16(22)14(8-17(15)25)19(26)23-9-12-3-5-13(21)6-4-12;9-7-8-4-2-1-3-6(8)5-10-7/h3-8,10-11,25H,9H2,1-2H3,(H,23,26);6H,1-5H2. The maximum Gasteiger partial charge on any atom is 0.410 e. The second kappa shape index (κ2) is 12.6. The first kappa shape index (κ1) is 27.8. The predicted molar refractivity (Wildman–Crippen MR) is 143 cm³/mol. The van der Waals surface area contributed by atoms with Crippen LogP contribution in [0.4, 0.5) is 9.18 Å². The number of hydrogen-bond donors (Lipinski definition) is 2. The quantitative estimate of drug-likeness (QED) is 0.386. The monoisotopic (exact) mass is 561 g/mol. The van der Waals surface area contributed by atoms with E-state index in [-0.39, 0.29) is 35.6 Å². The van der Waals surface area contributed by atoms with E-state index in [1.165, 1.54) is 17.8 Å². The fourth-order valence-electron chi connectivity index (χ4n) is 4.18. The van der Waals surface area contributed by atoms with Gasteiger partial charge in [-0.2, -0.15) is 0 Å². The van der Waals surface area contributed by atoms with Crippen LogP contribution in [0.25, 0.3) is 10.4 Å². The van der Waals surface area contributed by atoms with E-state index in [1.54, 1.807) is 37.6 Å². The minimum Gasteiger partial charge on any atom is -0.507 e. The number of carbonyl (C=O) groups excluding carboxylic acids is 2. The van der Waals surface area contributed by atoms with Gasteiger partial charge in [0.15, 0.2) is 0 Å². The van der Waals surface area contributed by atoms with Crippen LogP contribution in [0.3, 0.4) is 0 Å². The third-order valence-corrected chi connectivity index (χ3v) is 7.89. The molecule has 3 aromatic rings. The Bertz CT molecular complexity index is 1290. The van der Waals surface area contributed by atoms with E-state index in [0.717, 1.165) is 37.1 Å². The number of rotatable bonds is 6. The number of nitrogens with zero attached hydrogens (tertiary/aromatic N) is 2. The number of cyclic esters (lactones) is 1. The lowest BCUT2D eigenvalue weighted by atomic mass is 10.0. The van der Waals surface area contributed by atoms with E-state index in [9.17, 15) is 19.1 Å². The summed E-state index contributed by atoms with van der Waals surface area (Å²) in [5, 5.41) is 14.3. The van der Waals surface area contributed by atoms with Gasteiger partial charge in [0.1, 0.15) is 29.3 Å². The van der Waals surface area contributed by atoms with Crippen LogP contribution in [0.2, 0.25) is 5.02 Å². The summed E-state index contributed by atoms with van der Waals surface area (Å²) >= 11 is 7.12. The van der Waals surface area contributed by atoms with Crippen LogP contribution < -0.4 is 5.32 Å². The maximum atomic E-state index is 14.5. The summed E-state index contributed by atoms with van der Waals surface area (Å²) in [5.74, 6) is -1.54. The van der Waals surface area contributed by atoms with E-state index >= 15 is 0 Å². The highest BCUT2D eigenvalue weighted by Crippen LogP contribution is 2.37. The number of thiazole rings is 1. The Hall–Kier alpha value is -3.21. The Morgan fingerprint density at radius 2 is 2.11 bits per heavy atom. The number of piperidine rings is 1. The molecule has 0 bridgehead atoms. The molecule has 8 nitrogen and oxygen atoms in total. The summed E-state index contributed by atoms with van der Waals surface area (Å²) in [7, 11) is 1.57. The van der Waals surface area contributed by atoms with Crippen LogP contribution in [-0.4, -0.2) is 53.3 Å². The molecule has 11 heteroatoms.